The first kappa shape index (κ1) is 8.68. The van der Waals surface area contributed by atoms with E-state index >= 15 is 0 Å². The Labute approximate surface area is 77.2 Å². The summed E-state index contributed by atoms with van der Waals surface area (Å²) in [5.74, 6) is 0. The van der Waals surface area contributed by atoms with Crippen molar-refractivity contribution < 1.29 is 8.42 Å². The molecule has 0 saturated heterocycles. The summed E-state index contributed by atoms with van der Waals surface area (Å²) in [6.07, 6.45) is 0. The summed E-state index contributed by atoms with van der Waals surface area (Å²) in [6, 6.07) is 7.65. The molecule has 0 unspecified atom stereocenters. The summed E-state index contributed by atoms with van der Waals surface area (Å²) in [7, 11) is -3.29. The first-order valence-corrected chi connectivity index (χ1v) is 5.47. The molecule has 13 heavy (non-hydrogen) atoms. The molecule has 0 radical (unpaired) electrons. The first-order valence-electron chi connectivity index (χ1n) is 3.98. The predicted octanol–water partition coefficient (Wildman–Crippen LogP) is 0.124. The lowest BCUT2D eigenvalue weighted by Gasteiger charge is -2.01. The maximum atomic E-state index is 11.1. The molecule has 2 rings (SSSR count). The van der Waals surface area contributed by atoms with Crippen molar-refractivity contribution in [2.24, 2.45) is 0 Å². The molecular formula is C8H10N2O2S. The fraction of sp³-hybridized carbons (Fsp3) is 0.250. The van der Waals surface area contributed by atoms with Gasteiger partial charge in [-0.25, -0.2) is 0 Å². The Hall–Kier alpha value is -0.910. The van der Waals surface area contributed by atoms with Gasteiger partial charge in [-0.3, -0.25) is 0 Å². The van der Waals surface area contributed by atoms with Crippen molar-refractivity contribution in [1.29, 1.82) is 0 Å². The summed E-state index contributed by atoms with van der Waals surface area (Å²) in [4.78, 5) is 0. The lowest BCUT2D eigenvalue weighted by atomic mass is 10.1. The molecule has 1 aliphatic heterocycles. The highest BCUT2D eigenvalue weighted by Gasteiger charge is 2.15. The van der Waals surface area contributed by atoms with Crippen molar-refractivity contribution >= 4 is 10.2 Å². The van der Waals surface area contributed by atoms with Crippen molar-refractivity contribution in [3.63, 3.8) is 0 Å². The predicted molar refractivity (Wildman–Crippen MR) is 49.0 cm³/mol. The quantitative estimate of drug-likeness (QED) is 0.622. The van der Waals surface area contributed by atoms with Crippen molar-refractivity contribution in [3.05, 3.63) is 35.4 Å². The van der Waals surface area contributed by atoms with Crippen LogP contribution in [0.25, 0.3) is 0 Å². The average molecular weight is 198 g/mol. The summed E-state index contributed by atoms with van der Waals surface area (Å²) >= 11 is 0. The Bertz CT molecular complexity index is 381. The lowest BCUT2D eigenvalue weighted by Crippen LogP contribution is -2.32. The van der Waals surface area contributed by atoms with E-state index in [1.807, 2.05) is 24.3 Å². The average Bonchev–Trinajstić information content (AvgIpc) is 2.27. The number of hydrogen-bond donors (Lipinski definition) is 2. The number of fused-ring (bicyclic) bond motifs is 1. The third kappa shape index (κ3) is 1.88. The molecule has 0 bridgehead atoms. The third-order valence-electron chi connectivity index (χ3n) is 2.02. The summed E-state index contributed by atoms with van der Waals surface area (Å²) in [6.45, 7) is 0.733. The second-order valence-corrected chi connectivity index (χ2v) is 4.50. The molecule has 0 saturated carbocycles. The monoisotopic (exact) mass is 198 g/mol. The van der Waals surface area contributed by atoms with Gasteiger partial charge in [0, 0.05) is 13.1 Å². The van der Waals surface area contributed by atoms with Gasteiger partial charge in [0.15, 0.2) is 0 Å². The molecule has 1 aromatic carbocycles. The maximum absolute atomic E-state index is 11.1. The molecule has 0 fully saturated rings. The van der Waals surface area contributed by atoms with Gasteiger partial charge in [0.1, 0.15) is 0 Å². The van der Waals surface area contributed by atoms with Crippen LogP contribution in [0.15, 0.2) is 24.3 Å². The van der Waals surface area contributed by atoms with Crippen molar-refractivity contribution in [2.75, 3.05) is 0 Å². The van der Waals surface area contributed by atoms with E-state index in [-0.39, 0.29) is 0 Å². The second kappa shape index (κ2) is 3.10. The van der Waals surface area contributed by atoms with Crippen molar-refractivity contribution in [1.82, 2.24) is 9.44 Å². The van der Waals surface area contributed by atoms with Crippen LogP contribution in [0.2, 0.25) is 0 Å². The second-order valence-electron chi connectivity index (χ2n) is 2.91. The Morgan fingerprint density at radius 2 is 1.46 bits per heavy atom. The van der Waals surface area contributed by atoms with Gasteiger partial charge in [0.25, 0.3) is 10.2 Å². The van der Waals surface area contributed by atoms with Crippen LogP contribution in [0.3, 0.4) is 0 Å². The molecule has 1 aliphatic rings. The van der Waals surface area contributed by atoms with Crippen LogP contribution in [0.1, 0.15) is 11.1 Å². The van der Waals surface area contributed by atoms with E-state index in [0.717, 1.165) is 11.1 Å². The summed E-state index contributed by atoms with van der Waals surface area (Å²) < 4.78 is 27.1. The molecule has 0 aromatic heterocycles. The summed E-state index contributed by atoms with van der Waals surface area (Å²) in [5.41, 5.74) is 2.05. The van der Waals surface area contributed by atoms with Gasteiger partial charge in [0.2, 0.25) is 0 Å². The zero-order valence-electron chi connectivity index (χ0n) is 6.95. The first-order chi connectivity index (χ1) is 6.17. The number of rotatable bonds is 0. The Morgan fingerprint density at radius 3 is 1.92 bits per heavy atom. The van der Waals surface area contributed by atoms with E-state index in [2.05, 4.69) is 9.44 Å². The van der Waals surface area contributed by atoms with E-state index in [0.29, 0.717) is 13.1 Å². The normalized spacial score (nSPS) is 20.3. The Kier molecular flexibility index (Phi) is 2.07. The SMILES string of the molecule is O=S1(=O)NCc2ccccc2CN1. The topological polar surface area (TPSA) is 58.2 Å². The van der Waals surface area contributed by atoms with Gasteiger partial charge in [-0.15, -0.1) is 0 Å². The van der Waals surface area contributed by atoms with E-state index in [1.165, 1.54) is 0 Å². The molecule has 0 amide bonds. The van der Waals surface area contributed by atoms with Crippen LogP contribution < -0.4 is 9.44 Å². The Morgan fingerprint density at radius 1 is 1.00 bits per heavy atom. The summed E-state index contributed by atoms with van der Waals surface area (Å²) in [5, 5.41) is 0. The van der Waals surface area contributed by atoms with Crippen LogP contribution in [-0.2, 0) is 23.3 Å². The van der Waals surface area contributed by atoms with Crippen LogP contribution in [0.4, 0.5) is 0 Å². The Balaban J connectivity index is 2.37. The van der Waals surface area contributed by atoms with Gasteiger partial charge >= 0.3 is 0 Å². The van der Waals surface area contributed by atoms with Gasteiger partial charge in [-0.1, -0.05) is 24.3 Å². The van der Waals surface area contributed by atoms with E-state index in [4.69, 9.17) is 0 Å². The minimum Gasteiger partial charge on any atom is -0.198 e. The fourth-order valence-electron chi connectivity index (χ4n) is 1.30. The fourth-order valence-corrected chi connectivity index (χ4v) is 2.09. The van der Waals surface area contributed by atoms with Gasteiger partial charge < -0.3 is 0 Å². The molecule has 0 atom stereocenters. The highest BCUT2D eigenvalue weighted by molar-refractivity contribution is 7.87. The molecule has 4 nitrogen and oxygen atoms in total. The molecule has 1 heterocycles. The molecule has 2 N–H and O–H groups in total. The molecule has 0 spiro atoms. The van der Waals surface area contributed by atoms with Crippen LogP contribution in [0.5, 0.6) is 0 Å². The molecule has 1 aromatic rings. The largest absolute Gasteiger partial charge is 0.277 e. The highest BCUT2D eigenvalue weighted by atomic mass is 32.2. The smallest absolute Gasteiger partial charge is 0.198 e. The number of benzene rings is 1. The zero-order chi connectivity index (χ0) is 9.31. The molecule has 5 heteroatoms. The highest BCUT2D eigenvalue weighted by Crippen LogP contribution is 2.11. The van der Waals surface area contributed by atoms with E-state index in [9.17, 15) is 8.42 Å². The van der Waals surface area contributed by atoms with Crippen LogP contribution in [0, 0.1) is 0 Å². The van der Waals surface area contributed by atoms with Gasteiger partial charge in [0.05, 0.1) is 0 Å². The number of hydrogen-bond acceptors (Lipinski definition) is 2. The van der Waals surface area contributed by atoms with E-state index < -0.39 is 10.2 Å². The lowest BCUT2D eigenvalue weighted by molar-refractivity contribution is 0.570. The molecule has 70 valence electrons. The molecular weight excluding hydrogens is 188 g/mol. The third-order valence-corrected chi connectivity index (χ3v) is 3.07. The minimum absolute atomic E-state index is 0.367. The van der Waals surface area contributed by atoms with Crippen molar-refractivity contribution in [3.8, 4) is 0 Å². The molecule has 0 aliphatic carbocycles. The standard InChI is InChI=1S/C8H10N2O2S/c11-13(12)9-5-7-3-1-2-4-8(7)6-10-13/h1-4,9-10H,5-6H2. The van der Waals surface area contributed by atoms with Crippen LogP contribution >= 0.6 is 0 Å². The zero-order valence-corrected chi connectivity index (χ0v) is 7.76. The van der Waals surface area contributed by atoms with E-state index in [1.54, 1.807) is 0 Å². The van der Waals surface area contributed by atoms with Crippen LogP contribution in [-0.4, -0.2) is 8.42 Å². The maximum Gasteiger partial charge on any atom is 0.277 e. The van der Waals surface area contributed by atoms with Gasteiger partial charge in [-0.05, 0) is 11.1 Å². The minimum atomic E-state index is -3.29. The number of nitrogens with one attached hydrogen (secondary N) is 2. The van der Waals surface area contributed by atoms with Gasteiger partial charge in [-0.2, -0.15) is 17.9 Å². The van der Waals surface area contributed by atoms with Crippen molar-refractivity contribution in [2.45, 2.75) is 13.1 Å².